The highest BCUT2D eigenvalue weighted by molar-refractivity contribution is 7.10. The summed E-state index contributed by atoms with van der Waals surface area (Å²) in [7, 11) is 1.47. The molecule has 0 amide bonds. The number of thiophene rings is 1. The molecule has 3 heteroatoms. The van der Waals surface area contributed by atoms with Crippen LogP contribution in [0.25, 0.3) is 0 Å². The molecule has 1 aliphatic carbocycles. The highest BCUT2D eigenvalue weighted by Gasteiger charge is 2.51. The molecule has 0 aromatic carbocycles. The molecule has 1 aliphatic rings. The molecule has 1 saturated carbocycles. The van der Waals surface area contributed by atoms with Gasteiger partial charge in [-0.25, -0.2) is 0 Å². The molecule has 2 nitrogen and oxygen atoms in total. The monoisotopic (exact) mass is 210 g/mol. The maximum atomic E-state index is 11.7. The second kappa shape index (κ2) is 3.39. The van der Waals surface area contributed by atoms with E-state index in [9.17, 15) is 4.79 Å². The van der Waals surface area contributed by atoms with Gasteiger partial charge in [-0.2, -0.15) is 0 Å². The third kappa shape index (κ3) is 1.27. The third-order valence-corrected chi connectivity index (χ3v) is 4.04. The second-order valence-electron chi connectivity index (χ2n) is 4.06. The molecule has 1 fully saturated rings. The number of carbonyl (C=O) groups is 1. The molecule has 76 valence electrons. The molecule has 1 aromatic heterocycles. The van der Waals surface area contributed by atoms with Crippen LogP contribution in [0.1, 0.15) is 24.6 Å². The number of hydrogen-bond acceptors (Lipinski definition) is 3. The predicted molar refractivity (Wildman–Crippen MR) is 56.4 cm³/mol. The Hall–Kier alpha value is -0.830. The summed E-state index contributed by atoms with van der Waals surface area (Å²) >= 11 is 1.65. The van der Waals surface area contributed by atoms with Gasteiger partial charge >= 0.3 is 5.97 Å². The Labute approximate surface area is 87.9 Å². The van der Waals surface area contributed by atoms with E-state index in [4.69, 9.17) is 4.74 Å². The third-order valence-electron chi connectivity index (χ3n) is 2.96. The van der Waals surface area contributed by atoms with Crippen LogP contribution in [0.15, 0.2) is 17.5 Å². The fourth-order valence-corrected chi connectivity index (χ4v) is 3.28. The number of esters is 1. The standard InChI is InChI=1S/C11H14O2S/c1-8-6-11(7-8,10(12)13-2)9-4-3-5-14-9/h3-5,8H,6-7H2,1-2H3. The zero-order chi connectivity index (χ0) is 10.2. The number of methoxy groups -OCH3 is 1. The van der Waals surface area contributed by atoms with E-state index in [0.29, 0.717) is 5.92 Å². The average Bonchev–Trinajstić information content (AvgIpc) is 2.64. The first kappa shape index (κ1) is 9.71. The molecule has 0 N–H and O–H groups in total. The Morgan fingerprint density at radius 1 is 1.64 bits per heavy atom. The molecular weight excluding hydrogens is 196 g/mol. The summed E-state index contributed by atoms with van der Waals surface area (Å²) in [6, 6.07) is 4.03. The fourth-order valence-electron chi connectivity index (χ4n) is 2.34. The maximum absolute atomic E-state index is 11.7. The van der Waals surface area contributed by atoms with Gasteiger partial charge in [-0.05, 0) is 30.2 Å². The van der Waals surface area contributed by atoms with Gasteiger partial charge in [0.25, 0.3) is 0 Å². The van der Waals surface area contributed by atoms with Crippen molar-refractivity contribution in [2.24, 2.45) is 5.92 Å². The van der Waals surface area contributed by atoms with Crippen LogP contribution in [0.2, 0.25) is 0 Å². The van der Waals surface area contributed by atoms with Crippen LogP contribution in [0.3, 0.4) is 0 Å². The predicted octanol–water partition coefficient (Wildman–Crippen LogP) is 2.59. The summed E-state index contributed by atoms with van der Waals surface area (Å²) < 4.78 is 4.90. The molecular formula is C11H14O2S. The first-order valence-corrected chi connectivity index (χ1v) is 5.69. The normalized spacial score (nSPS) is 30.9. The largest absolute Gasteiger partial charge is 0.468 e. The lowest BCUT2D eigenvalue weighted by molar-refractivity contribution is -0.153. The maximum Gasteiger partial charge on any atom is 0.317 e. The molecule has 2 rings (SSSR count). The minimum atomic E-state index is -0.317. The zero-order valence-electron chi connectivity index (χ0n) is 8.45. The van der Waals surface area contributed by atoms with Crippen molar-refractivity contribution in [3.63, 3.8) is 0 Å². The van der Waals surface area contributed by atoms with Gasteiger partial charge in [0.05, 0.1) is 7.11 Å². The number of ether oxygens (including phenoxy) is 1. The van der Waals surface area contributed by atoms with Crippen LogP contribution < -0.4 is 0 Å². The smallest absolute Gasteiger partial charge is 0.317 e. The van der Waals surface area contributed by atoms with E-state index in [-0.39, 0.29) is 11.4 Å². The second-order valence-corrected chi connectivity index (χ2v) is 5.01. The van der Waals surface area contributed by atoms with Crippen LogP contribution in [-0.4, -0.2) is 13.1 Å². The van der Waals surface area contributed by atoms with Gasteiger partial charge in [-0.1, -0.05) is 13.0 Å². The Kier molecular flexibility index (Phi) is 2.35. The molecule has 0 aliphatic heterocycles. The first-order chi connectivity index (χ1) is 6.69. The van der Waals surface area contributed by atoms with Crippen molar-refractivity contribution in [3.05, 3.63) is 22.4 Å². The lowest BCUT2D eigenvalue weighted by Gasteiger charge is -2.43. The molecule has 0 bridgehead atoms. The molecule has 14 heavy (non-hydrogen) atoms. The van der Waals surface area contributed by atoms with Gasteiger partial charge in [0.15, 0.2) is 0 Å². The highest BCUT2D eigenvalue weighted by atomic mass is 32.1. The topological polar surface area (TPSA) is 26.3 Å². The molecule has 0 radical (unpaired) electrons. The van der Waals surface area contributed by atoms with Crippen molar-refractivity contribution in [2.45, 2.75) is 25.2 Å². The van der Waals surface area contributed by atoms with E-state index in [0.717, 1.165) is 17.7 Å². The Bertz CT molecular complexity index is 323. The van der Waals surface area contributed by atoms with Gasteiger partial charge < -0.3 is 4.74 Å². The minimum Gasteiger partial charge on any atom is -0.468 e. The van der Waals surface area contributed by atoms with E-state index in [1.54, 1.807) is 11.3 Å². The Morgan fingerprint density at radius 3 is 2.79 bits per heavy atom. The van der Waals surface area contributed by atoms with Gasteiger partial charge in [-0.15, -0.1) is 11.3 Å². The van der Waals surface area contributed by atoms with Crippen LogP contribution in [0.5, 0.6) is 0 Å². The van der Waals surface area contributed by atoms with Crippen molar-refractivity contribution in [3.8, 4) is 0 Å². The van der Waals surface area contributed by atoms with Crippen molar-refractivity contribution in [1.29, 1.82) is 0 Å². The summed E-state index contributed by atoms with van der Waals surface area (Å²) in [4.78, 5) is 12.9. The van der Waals surface area contributed by atoms with E-state index in [1.165, 1.54) is 7.11 Å². The average molecular weight is 210 g/mol. The van der Waals surface area contributed by atoms with Crippen molar-refractivity contribution >= 4 is 17.3 Å². The quantitative estimate of drug-likeness (QED) is 0.701. The molecule has 0 unspecified atom stereocenters. The van der Waals surface area contributed by atoms with Crippen LogP contribution in [0.4, 0.5) is 0 Å². The summed E-state index contributed by atoms with van der Waals surface area (Å²) in [5, 5.41) is 2.02. The van der Waals surface area contributed by atoms with Gasteiger partial charge in [-0.3, -0.25) is 4.79 Å². The lowest BCUT2D eigenvalue weighted by Crippen LogP contribution is -2.47. The molecule has 0 saturated heterocycles. The van der Waals surface area contributed by atoms with E-state index in [1.807, 2.05) is 17.5 Å². The highest BCUT2D eigenvalue weighted by Crippen LogP contribution is 2.49. The fraction of sp³-hybridized carbons (Fsp3) is 0.545. The minimum absolute atomic E-state index is 0.0713. The van der Waals surface area contributed by atoms with Gasteiger partial charge in [0.2, 0.25) is 0 Å². The molecule has 1 aromatic rings. The van der Waals surface area contributed by atoms with Gasteiger partial charge in [0, 0.05) is 4.88 Å². The van der Waals surface area contributed by atoms with Gasteiger partial charge in [0.1, 0.15) is 5.41 Å². The molecule has 0 atom stereocenters. The zero-order valence-corrected chi connectivity index (χ0v) is 9.26. The first-order valence-electron chi connectivity index (χ1n) is 4.81. The Balaban J connectivity index is 2.29. The number of hydrogen-bond donors (Lipinski definition) is 0. The van der Waals surface area contributed by atoms with Crippen molar-refractivity contribution in [2.75, 3.05) is 7.11 Å². The lowest BCUT2D eigenvalue weighted by atomic mass is 9.62. The summed E-state index contributed by atoms with van der Waals surface area (Å²) in [6.07, 6.45) is 1.86. The van der Waals surface area contributed by atoms with E-state index in [2.05, 4.69) is 6.92 Å². The summed E-state index contributed by atoms with van der Waals surface area (Å²) in [5.41, 5.74) is -0.317. The van der Waals surface area contributed by atoms with Crippen molar-refractivity contribution < 1.29 is 9.53 Å². The Morgan fingerprint density at radius 2 is 2.36 bits per heavy atom. The molecule has 0 spiro atoms. The molecule has 1 heterocycles. The van der Waals surface area contributed by atoms with Crippen LogP contribution >= 0.6 is 11.3 Å². The van der Waals surface area contributed by atoms with E-state index >= 15 is 0 Å². The van der Waals surface area contributed by atoms with Crippen molar-refractivity contribution in [1.82, 2.24) is 0 Å². The van der Waals surface area contributed by atoms with E-state index < -0.39 is 0 Å². The number of carbonyl (C=O) groups excluding carboxylic acids is 1. The summed E-state index contributed by atoms with van der Waals surface area (Å²) in [6.45, 7) is 2.18. The summed E-state index contributed by atoms with van der Waals surface area (Å²) in [5.74, 6) is 0.564. The van der Waals surface area contributed by atoms with Crippen LogP contribution in [0, 0.1) is 5.92 Å². The van der Waals surface area contributed by atoms with Crippen LogP contribution in [-0.2, 0) is 14.9 Å². The SMILES string of the molecule is COC(=O)C1(c2cccs2)CC(C)C1. The number of rotatable bonds is 2.